The summed E-state index contributed by atoms with van der Waals surface area (Å²) in [6.07, 6.45) is 0.0763. The van der Waals surface area contributed by atoms with E-state index in [0.29, 0.717) is 12.4 Å². The Morgan fingerprint density at radius 3 is 2.64 bits per heavy atom. The van der Waals surface area contributed by atoms with Crippen molar-refractivity contribution in [2.24, 2.45) is 0 Å². The van der Waals surface area contributed by atoms with Crippen molar-refractivity contribution in [2.75, 3.05) is 32.9 Å². The van der Waals surface area contributed by atoms with Gasteiger partial charge < -0.3 is 24.8 Å². The van der Waals surface area contributed by atoms with Gasteiger partial charge in [0.2, 0.25) is 5.91 Å². The standard InChI is InChI=1S/C20H29FN2O5.2H2/c1-5-19(24)23-13-15(4)28-20(25)22-8-9-26-10-11-27-18-12-16(21)6-7-17(18)14(2)3;;/h5-7,12,14-15H,1,8-11,13H2,2-4H3,(H,22,25)(H,23,24);2*1H. The highest BCUT2D eigenvalue weighted by Gasteiger charge is 2.10. The normalized spacial score (nSPS) is 11.6. The average Bonchev–Trinajstić information content (AvgIpc) is 2.65. The molecule has 1 aromatic rings. The molecule has 1 unspecified atom stereocenters. The van der Waals surface area contributed by atoms with Crippen molar-refractivity contribution in [3.8, 4) is 5.75 Å². The van der Waals surface area contributed by atoms with E-state index in [1.54, 1.807) is 13.0 Å². The first kappa shape index (κ1) is 23.4. The lowest BCUT2D eigenvalue weighted by atomic mass is 10.0. The number of hydrogen-bond acceptors (Lipinski definition) is 5. The first-order valence-electron chi connectivity index (χ1n) is 9.18. The third kappa shape index (κ3) is 9.36. The van der Waals surface area contributed by atoms with Crippen LogP contribution in [0.25, 0.3) is 0 Å². The van der Waals surface area contributed by atoms with Crippen LogP contribution in [-0.2, 0) is 14.3 Å². The molecule has 8 heteroatoms. The van der Waals surface area contributed by atoms with Crippen molar-refractivity contribution in [1.82, 2.24) is 10.6 Å². The van der Waals surface area contributed by atoms with E-state index in [-0.39, 0.29) is 46.8 Å². The maximum Gasteiger partial charge on any atom is 0.407 e. The molecule has 0 fully saturated rings. The smallest absolute Gasteiger partial charge is 0.407 e. The van der Waals surface area contributed by atoms with Crippen LogP contribution in [0.2, 0.25) is 0 Å². The minimum atomic E-state index is -0.596. The highest BCUT2D eigenvalue weighted by Crippen LogP contribution is 2.27. The van der Waals surface area contributed by atoms with Gasteiger partial charge in [-0.3, -0.25) is 4.79 Å². The Bertz CT molecular complexity index is 662. The largest absolute Gasteiger partial charge is 0.491 e. The molecule has 0 heterocycles. The maximum atomic E-state index is 13.4. The molecule has 1 atom stereocenters. The van der Waals surface area contributed by atoms with Gasteiger partial charge in [0.15, 0.2) is 0 Å². The number of carbonyl (C=O) groups excluding carboxylic acids is 2. The minimum Gasteiger partial charge on any atom is -0.491 e. The first-order valence-corrected chi connectivity index (χ1v) is 9.18. The van der Waals surface area contributed by atoms with Gasteiger partial charge in [-0.25, -0.2) is 9.18 Å². The third-order valence-electron chi connectivity index (χ3n) is 3.66. The Balaban J connectivity index is 0. The SMILES string of the molecule is C=CC(=O)NCC(C)OC(=O)NCCOCCOc1cc(F)ccc1C(C)C.[HH].[HH]. The molecule has 28 heavy (non-hydrogen) atoms. The second kappa shape index (κ2) is 12.7. The van der Waals surface area contributed by atoms with Crippen LogP contribution in [0.1, 0.15) is 35.1 Å². The molecule has 7 nitrogen and oxygen atoms in total. The molecular weight excluding hydrogens is 367 g/mol. The van der Waals surface area contributed by atoms with Crippen molar-refractivity contribution >= 4 is 12.0 Å². The van der Waals surface area contributed by atoms with Gasteiger partial charge in [-0.1, -0.05) is 26.5 Å². The van der Waals surface area contributed by atoms with E-state index >= 15 is 0 Å². The summed E-state index contributed by atoms with van der Waals surface area (Å²) in [5.41, 5.74) is 0.934. The topological polar surface area (TPSA) is 85.9 Å². The zero-order valence-electron chi connectivity index (χ0n) is 16.6. The Kier molecular flexibility index (Phi) is 10.6. The summed E-state index contributed by atoms with van der Waals surface area (Å²) in [7, 11) is 0. The van der Waals surface area contributed by atoms with Crippen LogP contribution in [-0.4, -0.2) is 51.0 Å². The lowest BCUT2D eigenvalue weighted by Gasteiger charge is -2.15. The fraction of sp³-hybridized carbons (Fsp3) is 0.500. The molecule has 2 amide bonds. The van der Waals surface area contributed by atoms with Crippen LogP contribution in [0.4, 0.5) is 9.18 Å². The summed E-state index contributed by atoms with van der Waals surface area (Å²) >= 11 is 0. The molecule has 0 spiro atoms. The molecule has 0 aliphatic carbocycles. The summed E-state index contributed by atoms with van der Waals surface area (Å²) in [5, 5.41) is 5.08. The quantitative estimate of drug-likeness (QED) is 0.415. The summed E-state index contributed by atoms with van der Waals surface area (Å²) in [6, 6.07) is 4.50. The number of amides is 2. The van der Waals surface area contributed by atoms with E-state index in [0.717, 1.165) is 11.6 Å². The van der Waals surface area contributed by atoms with E-state index in [2.05, 4.69) is 17.2 Å². The van der Waals surface area contributed by atoms with Crippen LogP contribution in [0, 0.1) is 5.82 Å². The Labute approximate surface area is 168 Å². The molecule has 2 N–H and O–H groups in total. The number of halogens is 1. The average molecular weight is 400 g/mol. The molecule has 160 valence electrons. The van der Waals surface area contributed by atoms with Crippen LogP contribution in [0.3, 0.4) is 0 Å². The van der Waals surface area contributed by atoms with Crippen LogP contribution >= 0.6 is 0 Å². The molecule has 0 aliphatic heterocycles. The fourth-order valence-corrected chi connectivity index (χ4v) is 2.23. The summed E-state index contributed by atoms with van der Waals surface area (Å²) in [6.45, 7) is 10.3. The van der Waals surface area contributed by atoms with E-state index < -0.39 is 12.2 Å². The monoisotopic (exact) mass is 400 g/mol. The van der Waals surface area contributed by atoms with Crippen molar-refractivity contribution in [2.45, 2.75) is 32.8 Å². The molecule has 1 rings (SSSR count). The lowest BCUT2D eigenvalue weighted by Crippen LogP contribution is -2.36. The number of hydrogen-bond donors (Lipinski definition) is 2. The second-order valence-corrected chi connectivity index (χ2v) is 6.39. The van der Waals surface area contributed by atoms with Crippen molar-refractivity contribution in [3.63, 3.8) is 0 Å². The second-order valence-electron chi connectivity index (χ2n) is 6.39. The number of benzene rings is 1. The van der Waals surface area contributed by atoms with Crippen molar-refractivity contribution in [3.05, 3.63) is 42.2 Å². The zero-order valence-corrected chi connectivity index (χ0v) is 16.6. The van der Waals surface area contributed by atoms with Crippen molar-refractivity contribution in [1.29, 1.82) is 0 Å². The van der Waals surface area contributed by atoms with Gasteiger partial charge in [-0.15, -0.1) is 0 Å². The number of rotatable bonds is 12. The van der Waals surface area contributed by atoms with E-state index in [1.165, 1.54) is 12.1 Å². The summed E-state index contributed by atoms with van der Waals surface area (Å²) < 4.78 is 29.4. The van der Waals surface area contributed by atoms with E-state index in [1.807, 2.05) is 13.8 Å². The van der Waals surface area contributed by atoms with E-state index in [4.69, 9.17) is 14.2 Å². The zero-order chi connectivity index (χ0) is 20.9. The van der Waals surface area contributed by atoms with Gasteiger partial charge in [0.05, 0.1) is 19.8 Å². The molecule has 0 saturated carbocycles. The Hall–Kier alpha value is -2.61. The number of ether oxygens (including phenoxy) is 3. The highest BCUT2D eigenvalue weighted by atomic mass is 19.1. The molecule has 0 radical (unpaired) electrons. The first-order chi connectivity index (χ1) is 13.3. The Morgan fingerprint density at radius 2 is 1.96 bits per heavy atom. The molecule has 0 aromatic heterocycles. The molecule has 0 saturated heterocycles. The van der Waals surface area contributed by atoms with Gasteiger partial charge in [-0.05, 0) is 30.5 Å². The highest BCUT2D eigenvalue weighted by molar-refractivity contribution is 5.86. The molecule has 0 aliphatic rings. The molecule has 1 aromatic carbocycles. The third-order valence-corrected chi connectivity index (χ3v) is 3.66. The predicted molar refractivity (Wildman–Crippen MR) is 108 cm³/mol. The van der Waals surface area contributed by atoms with Gasteiger partial charge in [0.25, 0.3) is 0 Å². The maximum absolute atomic E-state index is 13.4. The number of carbonyl (C=O) groups is 2. The van der Waals surface area contributed by atoms with E-state index in [9.17, 15) is 14.0 Å². The summed E-state index contributed by atoms with van der Waals surface area (Å²) in [4.78, 5) is 22.6. The van der Waals surface area contributed by atoms with Crippen LogP contribution in [0.5, 0.6) is 5.75 Å². The van der Waals surface area contributed by atoms with Gasteiger partial charge in [0.1, 0.15) is 24.3 Å². The summed E-state index contributed by atoms with van der Waals surface area (Å²) in [5.74, 6) is 0.0589. The van der Waals surface area contributed by atoms with Crippen molar-refractivity contribution < 1.29 is 31.0 Å². The Morgan fingerprint density at radius 1 is 1.21 bits per heavy atom. The molecular formula is C20H33FN2O5. The van der Waals surface area contributed by atoms with Gasteiger partial charge in [-0.2, -0.15) is 0 Å². The van der Waals surface area contributed by atoms with Crippen LogP contribution < -0.4 is 15.4 Å². The van der Waals surface area contributed by atoms with Crippen LogP contribution in [0.15, 0.2) is 30.9 Å². The minimum absolute atomic E-state index is 0. The number of alkyl carbamates (subject to hydrolysis) is 1. The predicted octanol–water partition coefficient (Wildman–Crippen LogP) is 3.25. The molecule has 0 bridgehead atoms. The number of nitrogens with one attached hydrogen (secondary N) is 2. The lowest BCUT2D eigenvalue weighted by molar-refractivity contribution is -0.116. The van der Waals surface area contributed by atoms with Gasteiger partial charge in [0, 0.05) is 15.5 Å². The van der Waals surface area contributed by atoms with Gasteiger partial charge >= 0.3 is 6.09 Å². The fourth-order valence-electron chi connectivity index (χ4n) is 2.23.